The maximum absolute atomic E-state index is 12.0. The number of rotatable bonds is 6. The van der Waals surface area contributed by atoms with Crippen LogP contribution in [0.5, 0.6) is 0 Å². The van der Waals surface area contributed by atoms with Gasteiger partial charge in [-0.15, -0.1) is 0 Å². The van der Waals surface area contributed by atoms with Crippen molar-refractivity contribution in [2.75, 3.05) is 6.54 Å². The Hall–Kier alpha value is -0.910. The topological polar surface area (TPSA) is 66.4 Å². The van der Waals surface area contributed by atoms with Gasteiger partial charge in [-0.1, -0.05) is 26.0 Å². The van der Waals surface area contributed by atoms with Gasteiger partial charge in [0, 0.05) is 6.54 Å². The fourth-order valence-corrected chi connectivity index (χ4v) is 2.63. The minimum Gasteiger partial charge on any atom is -0.393 e. The van der Waals surface area contributed by atoms with Gasteiger partial charge in [-0.05, 0) is 37.0 Å². The SMILES string of the molecule is CC(O)CCNS(=O)(=O)c1cccc(C(C)C)c1. The van der Waals surface area contributed by atoms with Gasteiger partial charge < -0.3 is 5.11 Å². The van der Waals surface area contributed by atoms with Gasteiger partial charge in [0.2, 0.25) is 10.0 Å². The number of sulfonamides is 1. The molecular weight excluding hydrogens is 250 g/mol. The molecule has 0 amide bonds. The Bertz CT molecular complexity index is 481. The molecule has 5 heteroatoms. The van der Waals surface area contributed by atoms with Crippen molar-refractivity contribution in [3.05, 3.63) is 29.8 Å². The molecule has 0 heterocycles. The van der Waals surface area contributed by atoms with E-state index in [0.29, 0.717) is 6.42 Å². The summed E-state index contributed by atoms with van der Waals surface area (Å²) in [7, 11) is -3.47. The zero-order valence-electron chi connectivity index (χ0n) is 11.1. The molecule has 0 fully saturated rings. The Balaban J connectivity index is 2.81. The highest BCUT2D eigenvalue weighted by Crippen LogP contribution is 2.18. The van der Waals surface area contributed by atoms with Crippen molar-refractivity contribution < 1.29 is 13.5 Å². The van der Waals surface area contributed by atoms with Crippen LogP contribution in [0.15, 0.2) is 29.2 Å². The fourth-order valence-electron chi connectivity index (χ4n) is 1.53. The monoisotopic (exact) mass is 271 g/mol. The lowest BCUT2D eigenvalue weighted by Gasteiger charge is -2.10. The smallest absolute Gasteiger partial charge is 0.240 e. The molecule has 0 bridgehead atoms. The molecule has 1 rings (SSSR count). The second kappa shape index (κ2) is 6.31. The van der Waals surface area contributed by atoms with Crippen molar-refractivity contribution in [2.24, 2.45) is 0 Å². The lowest BCUT2D eigenvalue weighted by atomic mass is 10.0. The van der Waals surface area contributed by atoms with Crippen LogP contribution in [-0.2, 0) is 10.0 Å². The summed E-state index contributed by atoms with van der Waals surface area (Å²) in [6, 6.07) is 6.93. The summed E-state index contributed by atoms with van der Waals surface area (Å²) in [5.74, 6) is 0.289. The second-order valence-electron chi connectivity index (χ2n) is 4.76. The molecule has 0 spiro atoms. The first-order valence-electron chi connectivity index (χ1n) is 6.10. The maximum Gasteiger partial charge on any atom is 0.240 e. The van der Waals surface area contributed by atoms with E-state index < -0.39 is 16.1 Å². The standard InChI is InChI=1S/C13H21NO3S/c1-10(2)12-5-4-6-13(9-12)18(16,17)14-8-7-11(3)15/h4-6,9-11,14-15H,7-8H2,1-3H3. The van der Waals surface area contributed by atoms with E-state index in [2.05, 4.69) is 4.72 Å². The predicted molar refractivity (Wildman–Crippen MR) is 72.0 cm³/mol. The molecule has 102 valence electrons. The second-order valence-corrected chi connectivity index (χ2v) is 6.53. The molecule has 1 aromatic rings. The number of hydrogen-bond donors (Lipinski definition) is 2. The zero-order chi connectivity index (χ0) is 13.8. The summed E-state index contributed by atoms with van der Waals surface area (Å²) in [6.07, 6.45) is -0.0991. The highest BCUT2D eigenvalue weighted by molar-refractivity contribution is 7.89. The average Bonchev–Trinajstić information content (AvgIpc) is 2.28. The molecule has 0 radical (unpaired) electrons. The van der Waals surface area contributed by atoms with Gasteiger partial charge >= 0.3 is 0 Å². The van der Waals surface area contributed by atoms with Gasteiger partial charge in [-0.3, -0.25) is 0 Å². The third-order valence-electron chi connectivity index (χ3n) is 2.69. The van der Waals surface area contributed by atoms with E-state index in [9.17, 15) is 8.42 Å². The highest BCUT2D eigenvalue weighted by Gasteiger charge is 2.14. The quantitative estimate of drug-likeness (QED) is 0.830. The summed E-state index contributed by atoms with van der Waals surface area (Å²) in [6.45, 7) is 5.92. The van der Waals surface area contributed by atoms with Crippen molar-refractivity contribution in [2.45, 2.75) is 44.1 Å². The first-order chi connectivity index (χ1) is 8.33. The fraction of sp³-hybridized carbons (Fsp3) is 0.538. The first-order valence-corrected chi connectivity index (χ1v) is 7.59. The van der Waals surface area contributed by atoms with Crippen molar-refractivity contribution in [3.8, 4) is 0 Å². The average molecular weight is 271 g/mol. The van der Waals surface area contributed by atoms with Gasteiger partial charge in [-0.25, -0.2) is 13.1 Å². The Labute approximate surface area is 109 Å². The first kappa shape index (κ1) is 15.1. The number of aliphatic hydroxyl groups is 1. The van der Waals surface area contributed by atoms with Gasteiger partial charge in [-0.2, -0.15) is 0 Å². The number of aliphatic hydroxyl groups excluding tert-OH is 1. The van der Waals surface area contributed by atoms with Crippen molar-refractivity contribution in [3.63, 3.8) is 0 Å². The lowest BCUT2D eigenvalue weighted by molar-refractivity contribution is 0.186. The van der Waals surface area contributed by atoms with E-state index in [0.717, 1.165) is 5.56 Å². The van der Waals surface area contributed by atoms with Crippen LogP contribution in [-0.4, -0.2) is 26.2 Å². The highest BCUT2D eigenvalue weighted by atomic mass is 32.2. The lowest BCUT2D eigenvalue weighted by Crippen LogP contribution is -2.26. The minimum atomic E-state index is -3.47. The molecule has 1 aromatic carbocycles. The Morgan fingerprint density at radius 1 is 1.28 bits per heavy atom. The van der Waals surface area contributed by atoms with Gasteiger partial charge in [0.05, 0.1) is 11.0 Å². The maximum atomic E-state index is 12.0. The van der Waals surface area contributed by atoms with Gasteiger partial charge in [0.25, 0.3) is 0 Å². The number of nitrogens with one attached hydrogen (secondary N) is 1. The Morgan fingerprint density at radius 2 is 1.94 bits per heavy atom. The normalized spacial score (nSPS) is 13.8. The number of hydrogen-bond acceptors (Lipinski definition) is 3. The van der Waals surface area contributed by atoms with Crippen molar-refractivity contribution in [1.29, 1.82) is 0 Å². The predicted octanol–water partition coefficient (Wildman–Crippen LogP) is 1.86. The van der Waals surface area contributed by atoms with E-state index in [1.807, 2.05) is 19.9 Å². The van der Waals surface area contributed by atoms with E-state index >= 15 is 0 Å². The third kappa shape index (κ3) is 4.40. The Morgan fingerprint density at radius 3 is 2.50 bits per heavy atom. The van der Waals surface area contributed by atoms with Crippen LogP contribution in [0, 0.1) is 0 Å². The molecule has 1 atom stereocenters. The summed E-state index contributed by atoms with van der Waals surface area (Å²) in [5.41, 5.74) is 0.994. The summed E-state index contributed by atoms with van der Waals surface area (Å²) in [4.78, 5) is 0.277. The van der Waals surface area contributed by atoms with Crippen molar-refractivity contribution in [1.82, 2.24) is 4.72 Å². The summed E-state index contributed by atoms with van der Waals surface area (Å²) in [5, 5.41) is 9.10. The van der Waals surface area contributed by atoms with E-state index in [1.54, 1.807) is 25.1 Å². The summed E-state index contributed by atoms with van der Waals surface area (Å²) < 4.78 is 26.5. The van der Waals surface area contributed by atoms with Crippen LogP contribution >= 0.6 is 0 Å². The van der Waals surface area contributed by atoms with Crippen LogP contribution in [0.1, 0.15) is 38.7 Å². The molecular formula is C13H21NO3S. The van der Waals surface area contributed by atoms with E-state index in [4.69, 9.17) is 5.11 Å². The molecule has 4 nitrogen and oxygen atoms in total. The van der Waals surface area contributed by atoms with Crippen LogP contribution in [0.4, 0.5) is 0 Å². The third-order valence-corrected chi connectivity index (χ3v) is 4.15. The van der Waals surface area contributed by atoms with Crippen LogP contribution in [0.2, 0.25) is 0 Å². The molecule has 1 unspecified atom stereocenters. The van der Waals surface area contributed by atoms with E-state index in [-0.39, 0.29) is 17.4 Å². The number of benzene rings is 1. The Kier molecular flexibility index (Phi) is 5.31. The zero-order valence-corrected chi connectivity index (χ0v) is 11.9. The van der Waals surface area contributed by atoms with E-state index in [1.165, 1.54) is 0 Å². The molecule has 0 saturated carbocycles. The molecule has 18 heavy (non-hydrogen) atoms. The van der Waals surface area contributed by atoms with Crippen LogP contribution in [0.25, 0.3) is 0 Å². The van der Waals surface area contributed by atoms with Crippen molar-refractivity contribution >= 4 is 10.0 Å². The van der Waals surface area contributed by atoms with Gasteiger partial charge in [0.15, 0.2) is 0 Å². The minimum absolute atomic E-state index is 0.242. The largest absolute Gasteiger partial charge is 0.393 e. The van der Waals surface area contributed by atoms with Crippen LogP contribution < -0.4 is 4.72 Å². The molecule has 0 aromatic heterocycles. The molecule has 2 N–H and O–H groups in total. The molecule has 0 aliphatic heterocycles. The van der Waals surface area contributed by atoms with Gasteiger partial charge in [0.1, 0.15) is 0 Å². The molecule has 0 aliphatic carbocycles. The van der Waals surface area contributed by atoms with Crippen LogP contribution in [0.3, 0.4) is 0 Å². The summed E-state index contributed by atoms with van der Waals surface area (Å²) >= 11 is 0. The molecule has 0 saturated heterocycles. The molecule has 0 aliphatic rings.